The van der Waals surface area contributed by atoms with Crippen LogP contribution >= 0.6 is 0 Å². The molecule has 0 spiro atoms. The average molecular weight is 219 g/mol. The van der Waals surface area contributed by atoms with Crippen LogP contribution in [0.1, 0.15) is 31.2 Å². The van der Waals surface area contributed by atoms with Gasteiger partial charge in [-0.05, 0) is 56.1 Å². The van der Waals surface area contributed by atoms with Crippen LogP contribution in [0.4, 0.5) is 10.1 Å². The number of nitrogens with one attached hydrogen (secondary N) is 1. The van der Waals surface area contributed by atoms with Gasteiger partial charge in [0.15, 0.2) is 0 Å². The molecule has 1 aromatic carbocycles. The number of halogens is 1. The van der Waals surface area contributed by atoms with Crippen LogP contribution in [0, 0.1) is 24.6 Å². The Morgan fingerprint density at radius 1 is 1.19 bits per heavy atom. The molecule has 1 N–H and O–H groups in total. The van der Waals surface area contributed by atoms with Crippen molar-refractivity contribution >= 4 is 5.69 Å². The summed E-state index contributed by atoms with van der Waals surface area (Å²) in [5, 5.41) is 3.46. The highest BCUT2D eigenvalue weighted by Gasteiger charge is 2.41. The fraction of sp³-hybridized carbons (Fsp3) is 0.571. The van der Waals surface area contributed by atoms with E-state index in [9.17, 15) is 4.39 Å². The molecular weight excluding hydrogens is 201 g/mol. The molecule has 0 aliphatic heterocycles. The fourth-order valence-electron chi connectivity index (χ4n) is 2.51. The Bertz CT molecular complexity index is 361. The van der Waals surface area contributed by atoms with Gasteiger partial charge >= 0.3 is 0 Å². The normalized spacial score (nSPS) is 20.2. The van der Waals surface area contributed by atoms with E-state index >= 15 is 0 Å². The summed E-state index contributed by atoms with van der Waals surface area (Å²) >= 11 is 0. The minimum atomic E-state index is -0.105. The smallest absolute Gasteiger partial charge is 0.146 e. The van der Waals surface area contributed by atoms with E-state index in [2.05, 4.69) is 5.32 Å². The summed E-state index contributed by atoms with van der Waals surface area (Å²) in [4.78, 5) is 0. The van der Waals surface area contributed by atoms with Crippen molar-refractivity contribution < 1.29 is 4.39 Å². The summed E-state index contributed by atoms with van der Waals surface area (Å²) in [5.74, 6) is 1.49. The first-order valence-electron chi connectivity index (χ1n) is 6.27. The third-order valence-electron chi connectivity index (χ3n) is 3.79. The van der Waals surface area contributed by atoms with Crippen LogP contribution in [0.3, 0.4) is 0 Å². The largest absolute Gasteiger partial charge is 0.379 e. The van der Waals surface area contributed by atoms with Crippen molar-refractivity contribution in [1.29, 1.82) is 0 Å². The van der Waals surface area contributed by atoms with E-state index in [0.29, 0.717) is 6.04 Å². The second kappa shape index (κ2) is 3.76. The number of hydrogen-bond donors (Lipinski definition) is 1. The van der Waals surface area contributed by atoms with Crippen molar-refractivity contribution in [1.82, 2.24) is 0 Å². The molecule has 1 nitrogen and oxygen atoms in total. The summed E-state index contributed by atoms with van der Waals surface area (Å²) in [7, 11) is 0. The Hall–Kier alpha value is -1.05. The first-order valence-corrected chi connectivity index (χ1v) is 6.27. The molecule has 2 aliphatic carbocycles. The van der Waals surface area contributed by atoms with Gasteiger partial charge in [-0.2, -0.15) is 0 Å². The van der Waals surface area contributed by atoms with E-state index in [1.54, 1.807) is 12.1 Å². The van der Waals surface area contributed by atoms with Crippen LogP contribution in [0.15, 0.2) is 18.2 Å². The molecule has 0 aromatic heterocycles. The maximum atomic E-state index is 13.7. The molecule has 3 rings (SSSR count). The van der Waals surface area contributed by atoms with Crippen molar-refractivity contribution in [3.05, 3.63) is 29.6 Å². The molecule has 0 heterocycles. The van der Waals surface area contributed by atoms with Gasteiger partial charge in [-0.1, -0.05) is 12.1 Å². The molecule has 0 bridgehead atoms. The summed E-state index contributed by atoms with van der Waals surface area (Å²) in [6.45, 7) is 1.97. The van der Waals surface area contributed by atoms with E-state index in [4.69, 9.17) is 0 Å². The second-order valence-electron chi connectivity index (χ2n) is 5.28. The van der Waals surface area contributed by atoms with Gasteiger partial charge < -0.3 is 5.32 Å². The van der Waals surface area contributed by atoms with E-state index in [-0.39, 0.29) is 5.82 Å². The standard InChI is InChI=1S/C14H18FN/c1-9-3-2-4-12(15)13(9)16-14(10-5-6-10)11-7-8-11/h2-4,10-11,14,16H,5-8H2,1H3. The molecule has 0 atom stereocenters. The highest BCUT2D eigenvalue weighted by atomic mass is 19.1. The van der Waals surface area contributed by atoms with Gasteiger partial charge in [-0.15, -0.1) is 0 Å². The van der Waals surface area contributed by atoms with Crippen LogP contribution < -0.4 is 5.32 Å². The molecule has 2 fully saturated rings. The molecule has 1 aromatic rings. The molecular formula is C14H18FN. The lowest BCUT2D eigenvalue weighted by Crippen LogP contribution is -2.25. The second-order valence-corrected chi connectivity index (χ2v) is 5.28. The van der Waals surface area contributed by atoms with Crippen LogP contribution in [-0.4, -0.2) is 6.04 Å². The molecule has 16 heavy (non-hydrogen) atoms. The SMILES string of the molecule is Cc1cccc(F)c1NC(C1CC1)C1CC1. The van der Waals surface area contributed by atoms with E-state index in [1.165, 1.54) is 25.7 Å². The monoisotopic (exact) mass is 219 g/mol. The Labute approximate surface area is 96.1 Å². The highest BCUT2D eigenvalue weighted by molar-refractivity contribution is 5.53. The molecule has 2 heteroatoms. The number of rotatable bonds is 4. The third kappa shape index (κ3) is 1.93. The molecule has 0 amide bonds. The number of anilines is 1. The predicted octanol–water partition coefficient (Wildman–Crippen LogP) is 3.73. The van der Waals surface area contributed by atoms with Crippen molar-refractivity contribution in [2.24, 2.45) is 11.8 Å². The maximum absolute atomic E-state index is 13.7. The highest BCUT2D eigenvalue weighted by Crippen LogP contribution is 2.46. The van der Waals surface area contributed by atoms with Gasteiger partial charge in [0, 0.05) is 6.04 Å². The van der Waals surface area contributed by atoms with E-state index in [0.717, 1.165) is 23.1 Å². The molecule has 0 radical (unpaired) electrons. The van der Waals surface area contributed by atoms with Gasteiger partial charge in [0.05, 0.1) is 5.69 Å². The average Bonchev–Trinajstić information content (AvgIpc) is 3.12. The van der Waals surface area contributed by atoms with Gasteiger partial charge in [0.25, 0.3) is 0 Å². The number of aryl methyl sites for hydroxylation is 1. The molecule has 0 saturated heterocycles. The lowest BCUT2D eigenvalue weighted by molar-refractivity contribution is 0.557. The van der Waals surface area contributed by atoms with Gasteiger partial charge in [0.1, 0.15) is 5.82 Å². The molecule has 0 unspecified atom stereocenters. The van der Waals surface area contributed by atoms with Crippen LogP contribution in [-0.2, 0) is 0 Å². The first kappa shape index (κ1) is 10.1. The lowest BCUT2D eigenvalue weighted by Gasteiger charge is -2.20. The lowest BCUT2D eigenvalue weighted by atomic mass is 10.1. The first-order chi connectivity index (χ1) is 7.75. The Morgan fingerprint density at radius 3 is 2.31 bits per heavy atom. The molecule has 2 saturated carbocycles. The molecule has 86 valence electrons. The zero-order chi connectivity index (χ0) is 11.1. The number of para-hydroxylation sites is 1. The maximum Gasteiger partial charge on any atom is 0.146 e. The zero-order valence-corrected chi connectivity index (χ0v) is 9.67. The Morgan fingerprint density at radius 2 is 1.81 bits per heavy atom. The minimum absolute atomic E-state index is 0.105. The van der Waals surface area contributed by atoms with Crippen molar-refractivity contribution in [3.8, 4) is 0 Å². The Kier molecular flexibility index (Phi) is 2.38. The summed E-state index contributed by atoms with van der Waals surface area (Å²) in [5.41, 5.74) is 1.75. The van der Waals surface area contributed by atoms with Crippen LogP contribution in [0.5, 0.6) is 0 Å². The molecule has 2 aliphatic rings. The third-order valence-corrected chi connectivity index (χ3v) is 3.79. The number of benzene rings is 1. The fourth-order valence-corrected chi connectivity index (χ4v) is 2.51. The van der Waals surface area contributed by atoms with E-state index in [1.807, 2.05) is 13.0 Å². The van der Waals surface area contributed by atoms with E-state index < -0.39 is 0 Å². The van der Waals surface area contributed by atoms with Gasteiger partial charge in [-0.25, -0.2) is 4.39 Å². The van der Waals surface area contributed by atoms with Crippen LogP contribution in [0.25, 0.3) is 0 Å². The predicted molar refractivity (Wildman–Crippen MR) is 64.0 cm³/mol. The topological polar surface area (TPSA) is 12.0 Å². The minimum Gasteiger partial charge on any atom is -0.379 e. The Balaban J connectivity index is 1.81. The quantitative estimate of drug-likeness (QED) is 0.813. The van der Waals surface area contributed by atoms with Crippen molar-refractivity contribution in [3.63, 3.8) is 0 Å². The van der Waals surface area contributed by atoms with Crippen molar-refractivity contribution in [2.45, 2.75) is 38.6 Å². The van der Waals surface area contributed by atoms with Crippen molar-refractivity contribution in [2.75, 3.05) is 5.32 Å². The van der Waals surface area contributed by atoms with Gasteiger partial charge in [0.2, 0.25) is 0 Å². The van der Waals surface area contributed by atoms with Crippen LogP contribution in [0.2, 0.25) is 0 Å². The number of hydrogen-bond acceptors (Lipinski definition) is 1. The summed E-state index contributed by atoms with van der Waals surface area (Å²) < 4.78 is 13.7. The zero-order valence-electron chi connectivity index (χ0n) is 9.67. The summed E-state index contributed by atoms with van der Waals surface area (Å²) in [6, 6.07) is 5.82. The van der Waals surface area contributed by atoms with Gasteiger partial charge in [-0.3, -0.25) is 0 Å². The summed E-state index contributed by atoms with van der Waals surface area (Å²) in [6.07, 6.45) is 5.28.